The molecule has 0 radical (unpaired) electrons. The van der Waals surface area contributed by atoms with Crippen LogP contribution in [0, 0.1) is 0 Å². The lowest BCUT2D eigenvalue weighted by Crippen LogP contribution is -2.34. The van der Waals surface area contributed by atoms with Crippen molar-refractivity contribution < 1.29 is 9.53 Å². The zero-order valence-corrected chi connectivity index (χ0v) is 14.9. The maximum absolute atomic E-state index is 12.5. The molecule has 1 aliphatic carbocycles. The molecule has 3 rings (SSSR count). The highest BCUT2D eigenvalue weighted by Gasteiger charge is 2.15. The minimum Gasteiger partial charge on any atom is -0.497 e. The Balaban J connectivity index is 1.81. The summed E-state index contributed by atoms with van der Waals surface area (Å²) in [6.07, 6.45) is 7.87. The minimum absolute atomic E-state index is 0.107. The van der Waals surface area contributed by atoms with Crippen molar-refractivity contribution in [1.82, 2.24) is 14.7 Å². The van der Waals surface area contributed by atoms with E-state index in [0.717, 1.165) is 29.9 Å². The van der Waals surface area contributed by atoms with E-state index in [9.17, 15) is 9.59 Å². The van der Waals surface area contributed by atoms with Crippen molar-refractivity contribution in [1.29, 1.82) is 0 Å². The molecule has 2 aromatic rings. The normalized spacial score (nSPS) is 13.2. The van der Waals surface area contributed by atoms with Gasteiger partial charge in [0.15, 0.2) is 0 Å². The highest BCUT2D eigenvalue weighted by molar-refractivity contribution is 5.78. The summed E-state index contributed by atoms with van der Waals surface area (Å²) in [6.45, 7) is -0.107. The summed E-state index contributed by atoms with van der Waals surface area (Å²) in [7, 11) is 3.31. The van der Waals surface area contributed by atoms with Crippen LogP contribution in [-0.4, -0.2) is 34.7 Å². The molecule has 134 valence electrons. The Labute approximate surface area is 152 Å². The van der Waals surface area contributed by atoms with E-state index in [1.165, 1.54) is 10.7 Å². The van der Waals surface area contributed by atoms with Crippen LogP contribution in [-0.2, 0) is 11.3 Å². The van der Waals surface area contributed by atoms with Crippen LogP contribution in [0.4, 0.5) is 0 Å². The standard InChI is InChI=1S/C20H21N3O3/c1-22(16-6-4-3-5-7-16)20(25)14-23-19(24)13-12-18(21-23)15-8-10-17(26-2)11-9-15/h4,6-13H,3,5,14H2,1-2H3. The zero-order valence-electron chi connectivity index (χ0n) is 14.9. The molecule has 26 heavy (non-hydrogen) atoms. The zero-order chi connectivity index (χ0) is 18.5. The molecule has 1 aromatic heterocycles. The van der Waals surface area contributed by atoms with Gasteiger partial charge in [0.05, 0.1) is 12.8 Å². The van der Waals surface area contributed by atoms with Crippen molar-refractivity contribution in [2.45, 2.75) is 19.4 Å². The van der Waals surface area contributed by atoms with Gasteiger partial charge in [-0.2, -0.15) is 5.10 Å². The van der Waals surface area contributed by atoms with Gasteiger partial charge >= 0.3 is 0 Å². The average Bonchev–Trinajstić information content (AvgIpc) is 2.69. The van der Waals surface area contributed by atoms with Crippen LogP contribution in [0.3, 0.4) is 0 Å². The Morgan fingerprint density at radius 3 is 2.62 bits per heavy atom. The summed E-state index contributed by atoms with van der Waals surface area (Å²) in [5.41, 5.74) is 2.01. The quantitative estimate of drug-likeness (QED) is 0.831. The van der Waals surface area contributed by atoms with Crippen molar-refractivity contribution in [3.05, 3.63) is 70.7 Å². The van der Waals surface area contributed by atoms with Gasteiger partial charge in [-0.25, -0.2) is 4.68 Å². The largest absolute Gasteiger partial charge is 0.497 e. The molecule has 6 nitrogen and oxygen atoms in total. The first-order valence-electron chi connectivity index (χ1n) is 8.44. The monoisotopic (exact) mass is 351 g/mol. The molecule has 0 bridgehead atoms. The van der Waals surface area contributed by atoms with Crippen LogP contribution in [0.15, 0.2) is 65.1 Å². The van der Waals surface area contributed by atoms with Crippen LogP contribution in [0.2, 0.25) is 0 Å². The molecule has 0 unspecified atom stereocenters. The number of allylic oxidation sites excluding steroid dienone is 3. The molecule has 0 saturated carbocycles. The molecule has 6 heteroatoms. The van der Waals surface area contributed by atoms with E-state index < -0.39 is 0 Å². The number of hydrogen-bond acceptors (Lipinski definition) is 4. The number of amides is 1. The number of benzene rings is 1. The molecule has 1 amide bonds. The first-order valence-corrected chi connectivity index (χ1v) is 8.44. The van der Waals surface area contributed by atoms with Gasteiger partial charge in [0.1, 0.15) is 12.3 Å². The second kappa shape index (κ2) is 7.82. The summed E-state index contributed by atoms with van der Waals surface area (Å²) < 4.78 is 6.35. The molecule has 0 spiro atoms. The number of hydrogen-bond donors (Lipinski definition) is 0. The number of carbonyl (C=O) groups excluding carboxylic acids is 1. The first-order chi connectivity index (χ1) is 12.6. The molecule has 0 atom stereocenters. The van der Waals surface area contributed by atoms with Crippen molar-refractivity contribution in [2.75, 3.05) is 14.2 Å². The molecule has 0 N–H and O–H groups in total. The maximum Gasteiger partial charge on any atom is 0.267 e. The van der Waals surface area contributed by atoms with Gasteiger partial charge in [0, 0.05) is 24.4 Å². The molecule has 1 aromatic carbocycles. The predicted octanol–water partition coefficient (Wildman–Crippen LogP) is 2.61. The van der Waals surface area contributed by atoms with Crippen molar-refractivity contribution in [3.8, 4) is 17.0 Å². The summed E-state index contributed by atoms with van der Waals surface area (Å²) in [5.74, 6) is 0.553. The van der Waals surface area contributed by atoms with Crippen LogP contribution in [0.5, 0.6) is 5.75 Å². The Kier molecular flexibility index (Phi) is 5.31. The number of nitrogens with zero attached hydrogens (tertiary/aromatic N) is 3. The van der Waals surface area contributed by atoms with E-state index >= 15 is 0 Å². The predicted molar refractivity (Wildman–Crippen MR) is 99.7 cm³/mol. The van der Waals surface area contributed by atoms with Crippen LogP contribution >= 0.6 is 0 Å². The van der Waals surface area contributed by atoms with E-state index in [1.54, 1.807) is 25.1 Å². The number of ether oxygens (including phenoxy) is 1. The van der Waals surface area contributed by atoms with Crippen molar-refractivity contribution in [2.24, 2.45) is 0 Å². The molecule has 0 aliphatic heterocycles. The third-order valence-electron chi connectivity index (χ3n) is 4.27. The van der Waals surface area contributed by atoms with E-state index in [1.807, 2.05) is 42.5 Å². The SMILES string of the molecule is COc1ccc(-c2ccc(=O)n(CC(=O)N(C)C3=CCCC=C3)n2)cc1. The van der Waals surface area contributed by atoms with Gasteiger partial charge in [0.25, 0.3) is 5.56 Å². The number of methoxy groups -OCH3 is 1. The van der Waals surface area contributed by atoms with Gasteiger partial charge in [-0.1, -0.05) is 12.2 Å². The highest BCUT2D eigenvalue weighted by atomic mass is 16.5. The van der Waals surface area contributed by atoms with Crippen LogP contribution in [0.25, 0.3) is 11.3 Å². The van der Waals surface area contributed by atoms with Gasteiger partial charge in [-0.05, 0) is 49.2 Å². The molecule has 1 aliphatic rings. The lowest BCUT2D eigenvalue weighted by atomic mass is 10.1. The van der Waals surface area contributed by atoms with Crippen molar-refractivity contribution in [3.63, 3.8) is 0 Å². The van der Waals surface area contributed by atoms with Gasteiger partial charge in [0.2, 0.25) is 5.91 Å². The number of rotatable bonds is 5. The topological polar surface area (TPSA) is 64.4 Å². The molecule has 0 fully saturated rings. The summed E-state index contributed by atoms with van der Waals surface area (Å²) in [6, 6.07) is 10.5. The minimum atomic E-state index is -0.308. The Morgan fingerprint density at radius 2 is 1.96 bits per heavy atom. The second-order valence-electron chi connectivity index (χ2n) is 6.00. The van der Waals surface area contributed by atoms with E-state index in [0.29, 0.717) is 5.69 Å². The van der Waals surface area contributed by atoms with Gasteiger partial charge in [-0.3, -0.25) is 9.59 Å². The highest BCUT2D eigenvalue weighted by Crippen LogP contribution is 2.19. The van der Waals surface area contributed by atoms with Crippen molar-refractivity contribution >= 4 is 5.91 Å². The maximum atomic E-state index is 12.5. The molecular weight excluding hydrogens is 330 g/mol. The van der Waals surface area contributed by atoms with E-state index in [2.05, 4.69) is 5.10 Å². The van der Waals surface area contributed by atoms with Crippen LogP contribution in [0.1, 0.15) is 12.8 Å². The van der Waals surface area contributed by atoms with E-state index in [-0.39, 0.29) is 18.0 Å². The number of carbonyl (C=O) groups is 1. The number of aromatic nitrogens is 2. The van der Waals surface area contributed by atoms with Gasteiger partial charge in [-0.15, -0.1) is 0 Å². The van der Waals surface area contributed by atoms with E-state index in [4.69, 9.17) is 4.74 Å². The number of likely N-dealkylation sites (N-methyl/N-ethyl adjacent to an activating group) is 1. The van der Waals surface area contributed by atoms with Gasteiger partial charge < -0.3 is 9.64 Å². The third-order valence-corrected chi connectivity index (χ3v) is 4.27. The second-order valence-corrected chi connectivity index (χ2v) is 6.00. The first kappa shape index (κ1) is 17.7. The summed E-state index contributed by atoms with van der Waals surface area (Å²) >= 11 is 0. The lowest BCUT2D eigenvalue weighted by molar-refractivity contribution is -0.128. The molecule has 1 heterocycles. The smallest absolute Gasteiger partial charge is 0.267 e. The molecular formula is C20H21N3O3. The Morgan fingerprint density at radius 1 is 1.19 bits per heavy atom. The summed E-state index contributed by atoms with van der Waals surface area (Å²) in [5, 5.41) is 4.34. The average molecular weight is 351 g/mol. The fraction of sp³-hybridized carbons (Fsp3) is 0.250. The fourth-order valence-electron chi connectivity index (χ4n) is 2.70. The third kappa shape index (κ3) is 3.91. The van der Waals surface area contributed by atoms with Crippen LogP contribution < -0.4 is 10.3 Å². The summed E-state index contributed by atoms with van der Waals surface area (Å²) in [4.78, 5) is 26.2. The molecule has 0 saturated heterocycles. The Bertz CT molecular complexity index is 911. The fourth-order valence-corrected chi connectivity index (χ4v) is 2.70. The lowest BCUT2D eigenvalue weighted by Gasteiger charge is -2.20. The Hall–Kier alpha value is -3.15.